The first-order valence-corrected chi connectivity index (χ1v) is 6.61. The number of benzene rings is 2. The molecule has 4 N–H and O–H groups in total. The van der Waals surface area contributed by atoms with Crippen LogP contribution in [0.3, 0.4) is 0 Å². The molecule has 0 aromatic heterocycles. The molecule has 0 spiro atoms. The summed E-state index contributed by atoms with van der Waals surface area (Å²) in [7, 11) is 0. The third-order valence-electron chi connectivity index (χ3n) is 2.90. The zero-order valence-corrected chi connectivity index (χ0v) is 12.2. The van der Waals surface area contributed by atoms with Crippen molar-refractivity contribution in [2.24, 2.45) is 0 Å². The highest BCUT2D eigenvalue weighted by molar-refractivity contribution is 5.96. The van der Waals surface area contributed by atoms with Gasteiger partial charge in [0.05, 0.1) is 11.1 Å². The zero-order valence-electron chi connectivity index (χ0n) is 12.2. The Morgan fingerprint density at radius 3 is 1.91 bits per heavy atom. The second-order valence-electron chi connectivity index (χ2n) is 4.80. The SMILES string of the molecule is CC(=O)Nc1cccc(Nc2cc(C(=O)O)cc(C(=O)O)c2)c1. The van der Waals surface area contributed by atoms with Gasteiger partial charge in [-0.2, -0.15) is 0 Å². The van der Waals surface area contributed by atoms with Crippen LogP contribution in [-0.4, -0.2) is 28.1 Å². The van der Waals surface area contributed by atoms with Crippen molar-refractivity contribution in [3.63, 3.8) is 0 Å². The van der Waals surface area contributed by atoms with Crippen molar-refractivity contribution in [2.45, 2.75) is 6.92 Å². The first kappa shape index (κ1) is 16.0. The van der Waals surface area contributed by atoms with Crippen LogP contribution < -0.4 is 10.6 Å². The third kappa shape index (κ3) is 4.31. The Balaban J connectivity index is 2.34. The summed E-state index contributed by atoms with van der Waals surface area (Å²) in [6.45, 7) is 1.38. The molecule has 0 aliphatic heterocycles. The van der Waals surface area contributed by atoms with E-state index < -0.39 is 11.9 Å². The molecule has 0 saturated carbocycles. The number of carboxylic acids is 2. The Labute approximate surface area is 131 Å². The summed E-state index contributed by atoms with van der Waals surface area (Å²) in [4.78, 5) is 33.2. The summed E-state index contributed by atoms with van der Waals surface area (Å²) in [5, 5.41) is 23.7. The van der Waals surface area contributed by atoms with Crippen molar-refractivity contribution < 1.29 is 24.6 Å². The van der Waals surface area contributed by atoms with Crippen LogP contribution in [0.4, 0.5) is 17.1 Å². The molecule has 0 aliphatic carbocycles. The van der Waals surface area contributed by atoms with Crippen molar-refractivity contribution in [1.82, 2.24) is 0 Å². The summed E-state index contributed by atoms with van der Waals surface area (Å²) in [6.07, 6.45) is 0. The van der Waals surface area contributed by atoms with Gasteiger partial charge in [-0.25, -0.2) is 9.59 Å². The van der Waals surface area contributed by atoms with Crippen LogP contribution in [0.15, 0.2) is 42.5 Å². The molecule has 118 valence electrons. The second-order valence-corrected chi connectivity index (χ2v) is 4.80. The van der Waals surface area contributed by atoms with Crippen LogP contribution in [0.1, 0.15) is 27.6 Å². The van der Waals surface area contributed by atoms with Gasteiger partial charge in [0.25, 0.3) is 0 Å². The molecule has 0 unspecified atom stereocenters. The number of rotatable bonds is 5. The average Bonchev–Trinajstić information content (AvgIpc) is 2.46. The van der Waals surface area contributed by atoms with Crippen molar-refractivity contribution in [3.05, 3.63) is 53.6 Å². The molecular formula is C16H14N2O5. The van der Waals surface area contributed by atoms with Crippen molar-refractivity contribution in [1.29, 1.82) is 0 Å². The standard InChI is InChI=1S/C16H14N2O5/c1-9(19)17-12-3-2-4-13(8-12)18-14-6-10(15(20)21)5-11(7-14)16(22)23/h2-8,18H,1H3,(H,17,19)(H,20,21)(H,22,23). The number of carbonyl (C=O) groups excluding carboxylic acids is 1. The topological polar surface area (TPSA) is 116 Å². The molecule has 2 aromatic carbocycles. The van der Waals surface area contributed by atoms with E-state index in [-0.39, 0.29) is 17.0 Å². The Bertz CT molecular complexity index is 754. The number of amides is 1. The number of hydrogen-bond acceptors (Lipinski definition) is 4. The minimum absolute atomic E-state index is 0.134. The van der Waals surface area contributed by atoms with E-state index in [2.05, 4.69) is 10.6 Å². The maximum Gasteiger partial charge on any atom is 0.335 e. The van der Waals surface area contributed by atoms with Crippen LogP contribution in [0.5, 0.6) is 0 Å². The zero-order chi connectivity index (χ0) is 17.0. The summed E-state index contributed by atoms with van der Waals surface area (Å²) in [6, 6.07) is 10.5. The first-order chi connectivity index (χ1) is 10.8. The van der Waals surface area contributed by atoms with E-state index in [0.717, 1.165) is 6.07 Å². The van der Waals surface area contributed by atoms with Crippen LogP contribution in [0, 0.1) is 0 Å². The Morgan fingerprint density at radius 2 is 1.39 bits per heavy atom. The lowest BCUT2D eigenvalue weighted by molar-refractivity contribution is -0.114. The quantitative estimate of drug-likeness (QED) is 0.674. The van der Waals surface area contributed by atoms with Gasteiger partial charge in [0, 0.05) is 24.0 Å². The molecule has 2 rings (SSSR count). The van der Waals surface area contributed by atoms with E-state index in [0.29, 0.717) is 17.1 Å². The van der Waals surface area contributed by atoms with Gasteiger partial charge in [-0.15, -0.1) is 0 Å². The molecule has 0 radical (unpaired) electrons. The van der Waals surface area contributed by atoms with Crippen LogP contribution in [0.25, 0.3) is 0 Å². The highest BCUT2D eigenvalue weighted by atomic mass is 16.4. The number of nitrogens with one attached hydrogen (secondary N) is 2. The van der Waals surface area contributed by atoms with Gasteiger partial charge in [0.15, 0.2) is 0 Å². The molecular weight excluding hydrogens is 300 g/mol. The van der Waals surface area contributed by atoms with Crippen molar-refractivity contribution >= 4 is 34.9 Å². The van der Waals surface area contributed by atoms with E-state index in [4.69, 9.17) is 10.2 Å². The number of aromatic carboxylic acids is 2. The van der Waals surface area contributed by atoms with Crippen LogP contribution in [-0.2, 0) is 4.79 Å². The summed E-state index contributed by atoms with van der Waals surface area (Å²) >= 11 is 0. The molecule has 1 amide bonds. The van der Waals surface area contributed by atoms with Gasteiger partial charge in [0.2, 0.25) is 5.91 Å². The smallest absolute Gasteiger partial charge is 0.335 e. The Morgan fingerprint density at radius 1 is 0.826 bits per heavy atom. The van der Waals surface area contributed by atoms with Gasteiger partial charge < -0.3 is 20.8 Å². The number of hydrogen-bond donors (Lipinski definition) is 4. The van der Waals surface area contributed by atoms with Gasteiger partial charge in [-0.3, -0.25) is 4.79 Å². The van der Waals surface area contributed by atoms with Crippen LogP contribution in [0.2, 0.25) is 0 Å². The summed E-state index contributed by atoms with van der Waals surface area (Å²) in [5.74, 6) is -2.66. The maximum absolute atomic E-state index is 11.1. The fraction of sp³-hybridized carbons (Fsp3) is 0.0625. The van der Waals surface area contributed by atoms with Crippen molar-refractivity contribution in [3.8, 4) is 0 Å². The van der Waals surface area contributed by atoms with Gasteiger partial charge in [-0.1, -0.05) is 6.07 Å². The molecule has 7 heteroatoms. The molecule has 23 heavy (non-hydrogen) atoms. The highest BCUT2D eigenvalue weighted by Crippen LogP contribution is 2.22. The lowest BCUT2D eigenvalue weighted by Crippen LogP contribution is -2.06. The predicted molar refractivity (Wildman–Crippen MR) is 84.4 cm³/mol. The first-order valence-electron chi connectivity index (χ1n) is 6.61. The molecule has 7 nitrogen and oxygen atoms in total. The largest absolute Gasteiger partial charge is 0.478 e. The molecule has 2 aromatic rings. The van der Waals surface area contributed by atoms with E-state index in [9.17, 15) is 14.4 Å². The highest BCUT2D eigenvalue weighted by Gasteiger charge is 2.11. The van der Waals surface area contributed by atoms with Gasteiger partial charge >= 0.3 is 11.9 Å². The van der Waals surface area contributed by atoms with Gasteiger partial charge in [0.1, 0.15) is 0 Å². The molecule has 0 heterocycles. The van der Waals surface area contributed by atoms with Crippen LogP contribution >= 0.6 is 0 Å². The van der Waals surface area contributed by atoms with E-state index in [1.165, 1.54) is 19.1 Å². The van der Waals surface area contributed by atoms with E-state index in [1.54, 1.807) is 24.3 Å². The molecule has 0 bridgehead atoms. The molecule has 0 saturated heterocycles. The third-order valence-corrected chi connectivity index (χ3v) is 2.90. The van der Waals surface area contributed by atoms with Crippen molar-refractivity contribution in [2.75, 3.05) is 10.6 Å². The predicted octanol–water partition coefficient (Wildman–Crippen LogP) is 2.79. The molecule has 0 atom stereocenters. The fourth-order valence-electron chi connectivity index (χ4n) is 1.99. The number of carbonyl (C=O) groups is 3. The van der Waals surface area contributed by atoms with E-state index in [1.807, 2.05) is 0 Å². The average molecular weight is 314 g/mol. The second kappa shape index (κ2) is 6.61. The fourth-order valence-corrected chi connectivity index (χ4v) is 1.99. The normalized spacial score (nSPS) is 9.96. The Kier molecular flexibility index (Phi) is 4.61. The lowest BCUT2D eigenvalue weighted by Gasteiger charge is -2.10. The minimum atomic E-state index is -1.22. The lowest BCUT2D eigenvalue weighted by atomic mass is 10.1. The maximum atomic E-state index is 11.1. The van der Waals surface area contributed by atoms with Gasteiger partial charge in [-0.05, 0) is 36.4 Å². The minimum Gasteiger partial charge on any atom is -0.478 e. The number of carboxylic acid groups (broad SMARTS) is 2. The Hall–Kier alpha value is -3.35. The monoisotopic (exact) mass is 314 g/mol. The summed E-state index contributed by atoms with van der Waals surface area (Å²) < 4.78 is 0. The summed E-state index contributed by atoms with van der Waals surface area (Å²) in [5.41, 5.74) is 1.20. The molecule has 0 aliphatic rings. The molecule has 0 fully saturated rings. The number of anilines is 3. The van der Waals surface area contributed by atoms with E-state index >= 15 is 0 Å².